The molecule has 3 nitrogen and oxygen atoms in total. The van der Waals surface area contributed by atoms with Gasteiger partial charge in [-0.2, -0.15) is 0 Å². The van der Waals surface area contributed by atoms with E-state index in [-0.39, 0.29) is 4.90 Å². The third kappa shape index (κ3) is 1.53. The third-order valence-corrected chi connectivity index (χ3v) is 4.43. The van der Waals surface area contributed by atoms with Gasteiger partial charge in [0.1, 0.15) is 5.82 Å². The molecule has 0 radical (unpaired) electrons. The zero-order chi connectivity index (χ0) is 10.2. The van der Waals surface area contributed by atoms with Crippen LogP contribution in [0.15, 0.2) is 29.2 Å². The van der Waals surface area contributed by atoms with Crippen LogP contribution in [0, 0.1) is 5.82 Å². The normalized spacial score (nSPS) is 17.8. The first kappa shape index (κ1) is 9.61. The maximum atomic E-state index is 12.8. The van der Waals surface area contributed by atoms with E-state index in [4.69, 9.17) is 0 Å². The monoisotopic (exact) mass is 215 g/mol. The van der Waals surface area contributed by atoms with Gasteiger partial charge in [0.25, 0.3) is 0 Å². The Morgan fingerprint density at radius 2 is 2.07 bits per heavy atom. The molecule has 1 aromatic rings. The third-order valence-electron chi connectivity index (χ3n) is 2.31. The molecule has 0 atom stereocenters. The summed E-state index contributed by atoms with van der Waals surface area (Å²) in [7, 11) is -3.33. The first-order valence-electron chi connectivity index (χ1n) is 4.31. The van der Waals surface area contributed by atoms with Gasteiger partial charge in [-0.1, -0.05) is 6.07 Å². The van der Waals surface area contributed by atoms with Crippen LogP contribution >= 0.6 is 0 Å². The molecule has 0 unspecified atom stereocenters. The molecule has 0 aromatic heterocycles. The Morgan fingerprint density at radius 1 is 1.36 bits per heavy atom. The number of rotatable bonds is 2. The Hall–Kier alpha value is -0.940. The van der Waals surface area contributed by atoms with Crippen molar-refractivity contribution in [3.8, 4) is 0 Å². The van der Waals surface area contributed by atoms with Crippen LogP contribution in [0.3, 0.4) is 0 Å². The van der Waals surface area contributed by atoms with Gasteiger partial charge in [0.05, 0.1) is 10.1 Å². The number of sulfone groups is 1. The van der Waals surface area contributed by atoms with E-state index >= 15 is 0 Å². The number of benzene rings is 1. The molecule has 5 heteroatoms. The van der Waals surface area contributed by atoms with Gasteiger partial charge in [0.15, 0.2) is 9.84 Å². The highest BCUT2D eigenvalue weighted by Gasteiger charge is 2.32. The molecule has 0 bridgehead atoms. The SMILES string of the molecule is O=S(=O)(c1cccc(F)c1)C1CNC1. The van der Waals surface area contributed by atoms with Crippen LogP contribution in [0.1, 0.15) is 0 Å². The maximum Gasteiger partial charge on any atom is 0.183 e. The minimum absolute atomic E-state index is 0.0731. The lowest BCUT2D eigenvalue weighted by Crippen LogP contribution is -2.51. The Kier molecular flexibility index (Phi) is 2.28. The molecule has 1 saturated heterocycles. The van der Waals surface area contributed by atoms with Gasteiger partial charge in [-0.15, -0.1) is 0 Å². The molecule has 14 heavy (non-hydrogen) atoms. The average molecular weight is 215 g/mol. The standard InChI is InChI=1S/C9H10FNO2S/c10-7-2-1-3-8(4-7)14(12,13)9-5-11-6-9/h1-4,9,11H,5-6H2. The lowest BCUT2D eigenvalue weighted by atomic mass is 10.3. The van der Waals surface area contributed by atoms with E-state index in [1.165, 1.54) is 18.2 Å². The van der Waals surface area contributed by atoms with E-state index < -0.39 is 20.9 Å². The quantitative estimate of drug-likeness (QED) is 0.784. The van der Waals surface area contributed by atoms with E-state index in [9.17, 15) is 12.8 Å². The van der Waals surface area contributed by atoms with E-state index in [0.29, 0.717) is 13.1 Å². The second-order valence-corrected chi connectivity index (χ2v) is 5.51. The minimum atomic E-state index is -3.33. The van der Waals surface area contributed by atoms with E-state index in [2.05, 4.69) is 5.32 Å². The summed E-state index contributed by atoms with van der Waals surface area (Å²) in [5, 5.41) is 2.48. The summed E-state index contributed by atoms with van der Waals surface area (Å²) >= 11 is 0. The predicted molar refractivity (Wildman–Crippen MR) is 50.2 cm³/mol. The lowest BCUT2D eigenvalue weighted by molar-refractivity contribution is 0.494. The van der Waals surface area contributed by atoms with Crippen molar-refractivity contribution in [2.75, 3.05) is 13.1 Å². The summed E-state index contributed by atoms with van der Waals surface area (Å²) in [6, 6.07) is 5.14. The molecule has 76 valence electrons. The van der Waals surface area contributed by atoms with E-state index in [0.717, 1.165) is 6.07 Å². The minimum Gasteiger partial charge on any atom is -0.314 e. The van der Waals surface area contributed by atoms with E-state index in [1.54, 1.807) is 0 Å². The second kappa shape index (κ2) is 3.33. The predicted octanol–water partition coefficient (Wildman–Crippen LogP) is 0.571. The summed E-state index contributed by atoms with van der Waals surface area (Å²) in [6.07, 6.45) is 0. The first-order valence-corrected chi connectivity index (χ1v) is 5.85. The summed E-state index contributed by atoms with van der Waals surface area (Å²) in [4.78, 5) is 0.0731. The number of halogens is 1. The Morgan fingerprint density at radius 3 is 2.57 bits per heavy atom. The van der Waals surface area contributed by atoms with Crippen LogP contribution in [-0.4, -0.2) is 26.8 Å². The Bertz CT molecular complexity index is 440. The maximum absolute atomic E-state index is 12.8. The molecule has 2 rings (SSSR count). The van der Waals surface area contributed by atoms with Crippen LogP contribution in [-0.2, 0) is 9.84 Å². The van der Waals surface area contributed by atoms with Crippen molar-refractivity contribution in [1.82, 2.24) is 5.32 Å². The van der Waals surface area contributed by atoms with Gasteiger partial charge < -0.3 is 5.32 Å². The highest BCUT2D eigenvalue weighted by molar-refractivity contribution is 7.92. The smallest absolute Gasteiger partial charge is 0.183 e. The summed E-state index contributed by atoms with van der Waals surface area (Å²) in [5.41, 5.74) is 0. The summed E-state index contributed by atoms with van der Waals surface area (Å²) in [5.74, 6) is -0.515. The van der Waals surface area contributed by atoms with Gasteiger partial charge in [-0.05, 0) is 18.2 Å². The fraction of sp³-hybridized carbons (Fsp3) is 0.333. The van der Waals surface area contributed by atoms with Crippen LogP contribution in [0.2, 0.25) is 0 Å². The number of hydrogen-bond donors (Lipinski definition) is 1. The topological polar surface area (TPSA) is 46.2 Å². The molecule has 0 spiro atoms. The van der Waals surface area contributed by atoms with Crippen molar-refractivity contribution >= 4 is 9.84 Å². The number of hydrogen-bond acceptors (Lipinski definition) is 3. The number of nitrogens with one attached hydrogen (secondary N) is 1. The molecule has 0 amide bonds. The van der Waals surface area contributed by atoms with Crippen molar-refractivity contribution in [3.05, 3.63) is 30.1 Å². The molecular weight excluding hydrogens is 205 g/mol. The molecule has 0 aliphatic carbocycles. The van der Waals surface area contributed by atoms with Gasteiger partial charge in [0, 0.05) is 13.1 Å². The molecule has 0 saturated carbocycles. The molecule has 1 N–H and O–H groups in total. The Labute approximate surface area is 81.9 Å². The fourth-order valence-corrected chi connectivity index (χ4v) is 2.92. The Balaban J connectivity index is 2.38. The van der Waals surface area contributed by atoms with Crippen molar-refractivity contribution in [3.63, 3.8) is 0 Å². The van der Waals surface area contributed by atoms with Crippen molar-refractivity contribution < 1.29 is 12.8 Å². The molecular formula is C9H10FNO2S. The zero-order valence-electron chi connectivity index (χ0n) is 7.40. The van der Waals surface area contributed by atoms with E-state index in [1.807, 2.05) is 0 Å². The van der Waals surface area contributed by atoms with Crippen LogP contribution in [0.25, 0.3) is 0 Å². The molecule has 1 aliphatic rings. The van der Waals surface area contributed by atoms with Gasteiger partial charge >= 0.3 is 0 Å². The van der Waals surface area contributed by atoms with Crippen LogP contribution in [0.4, 0.5) is 4.39 Å². The fourth-order valence-electron chi connectivity index (χ4n) is 1.32. The molecule has 1 aliphatic heterocycles. The average Bonchev–Trinajstić information content (AvgIpc) is 2.00. The van der Waals surface area contributed by atoms with Crippen LogP contribution in [0.5, 0.6) is 0 Å². The van der Waals surface area contributed by atoms with Crippen molar-refractivity contribution in [1.29, 1.82) is 0 Å². The van der Waals surface area contributed by atoms with Gasteiger partial charge in [-0.3, -0.25) is 0 Å². The molecule has 1 heterocycles. The summed E-state index contributed by atoms with van der Waals surface area (Å²) < 4.78 is 36.3. The van der Waals surface area contributed by atoms with Crippen LogP contribution < -0.4 is 5.32 Å². The van der Waals surface area contributed by atoms with Crippen molar-refractivity contribution in [2.45, 2.75) is 10.1 Å². The highest BCUT2D eigenvalue weighted by atomic mass is 32.2. The highest BCUT2D eigenvalue weighted by Crippen LogP contribution is 2.19. The first-order chi connectivity index (χ1) is 6.60. The summed E-state index contributed by atoms with van der Waals surface area (Å²) in [6.45, 7) is 0.914. The lowest BCUT2D eigenvalue weighted by Gasteiger charge is -2.26. The second-order valence-electron chi connectivity index (χ2n) is 3.28. The van der Waals surface area contributed by atoms with Gasteiger partial charge in [0.2, 0.25) is 0 Å². The largest absolute Gasteiger partial charge is 0.314 e. The van der Waals surface area contributed by atoms with Gasteiger partial charge in [-0.25, -0.2) is 12.8 Å². The molecule has 1 aromatic carbocycles. The van der Waals surface area contributed by atoms with Crippen molar-refractivity contribution in [2.24, 2.45) is 0 Å². The zero-order valence-corrected chi connectivity index (χ0v) is 8.22. The molecule has 1 fully saturated rings.